The van der Waals surface area contributed by atoms with Crippen LogP contribution in [0.15, 0.2) is 134 Å². The molecule has 0 radical (unpaired) electrons. The van der Waals surface area contributed by atoms with Gasteiger partial charge in [-0.05, 0) is 80.2 Å². The molecule has 0 fully saturated rings. The van der Waals surface area contributed by atoms with Gasteiger partial charge < -0.3 is 0 Å². The van der Waals surface area contributed by atoms with Crippen molar-refractivity contribution in [2.75, 3.05) is 0 Å². The van der Waals surface area contributed by atoms with Gasteiger partial charge in [0.25, 0.3) is 0 Å². The first-order chi connectivity index (χ1) is 19.1. The molecule has 3 heterocycles. The van der Waals surface area contributed by atoms with Crippen molar-refractivity contribution in [3.63, 3.8) is 0 Å². The maximum Gasteiger partial charge on any atom is 0.115 e. The summed E-state index contributed by atoms with van der Waals surface area (Å²) in [6.45, 7) is 5.02. The maximum atomic E-state index is 4.60. The van der Waals surface area contributed by atoms with Crippen LogP contribution in [0.2, 0.25) is 13.1 Å². The molecule has 0 saturated carbocycles. The van der Waals surface area contributed by atoms with E-state index in [9.17, 15) is 0 Å². The summed E-state index contributed by atoms with van der Waals surface area (Å²) in [5.41, 5.74) is 9.85. The lowest BCUT2D eigenvalue weighted by atomic mass is 9.89. The van der Waals surface area contributed by atoms with E-state index in [-0.39, 0.29) is 0 Å². The topological polar surface area (TPSA) is 25.8 Å². The number of benzene rings is 4. The fraction of sp³-hybridized carbons (Fsp3) is 0.0556. The van der Waals surface area contributed by atoms with Gasteiger partial charge in [0, 0.05) is 23.2 Å². The predicted molar refractivity (Wildman–Crippen MR) is 167 cm³/mol. The molecule has 1 aliphatic rings. The van der Waals surface area contributed by atoms with Crippen molar-refractivity contribution in [1.29, 1.82) is 0 Å². The van der Waals surface area contributed by atoms with Crippen molar-refractivity contribution >= 4 is 51.4 Å². The molecule has 0 bridgehead atoms. The van der Waals surface area contributed by atoms with Crippen LogP contribution in [0.3, 0.4) is 0 Å². The molecule has 0 N–H and O–H groups in total. The van der Waals surface area contributed by atoms with E-state index in [1.165, 1.54) is 54.6 Å². The third-order valence-electron chi connectivity index (χ3n) is 7.91. The minimum atomic E-state index is -2.23. The zero-order valence-electron chi connectivity index (χ0n) is 22.1. The second-order valence-electron chi connectivity index (χ2n) is 10.7. The number of nitrogens with zero attached hydrogens (tertiary/aromatic N) is 2. The summed E-state index contributed by atoms with van der Waals surface area (Å²) >= 11 is 0. The van der Waals surface area contributed by atoms with Gasteiger partial charge in [0.2, 0.25) is 0 Å². The summed E-state index contributed by atoms with van der Waals surface area (Å²) in [5, 5.41) is 5.29. The third kappa shape index (κ3) is 3.94. The molecule has 3 heteroatoms. The largest absolute Gasteiger partial charge is 0.256 e. The smallest absolute Gasteiger partial charge is 0.115 e. The highest BCUT2D eigenvalue weighted by atomic mass is 28.3. The minimum absolute atomic E-state index is 1.03. The standard InChI is InChI=1S/C36H28N2Si/c1-39(2)35(29-17-19-31-27(23-29)15-9-21-37-31)33(25-11-5-3-6-12-25)34(26-13-7-4-8-14-26)36(39)30-18-20-32-28(24-30)16-10-22-38-32/h3-24H,1-2H3. The summed E-state index contributed by atoms with van der Waals surface area (Å²) in [4.78, 5) is 9.19. The SMILES string of the molecule is C[Si]1(C)C(c2ccc3ncccc3c2)=C(c2ccccc2)C(c2ccccc2)=C1c1ccc2ncccc2c1. The zero-order valence-corrected chi connectivity index (χ0v) is 23.1. The maximum absolute atomic E-state index is 4.60. The summed E-state index contributed by atoms with van der Waals surface area (Å²) < 4.78 is 0. The average Bonchev–Trinajstić information content (AvgIpc) is 3.24. The molecule has 6 aromatic rings. The van der Waals surface area contributed by atoms with Crippen LogP contribution in [-0.2, 0) is 0 Å². The fourth-order valence-electron chi connectivity index (χ4n) is 6.26. The van der Waals surface area contributed by atoms with Crippen molar-refractivity contribution in [3.05, 3.63) is 156 Å². The second-order valence-corrected chi connectivity index (χ2v) is 14.9. The van der Waals surface area contributed by atoms with Crippen molar-refractivity contribution in [2.24, 2.45) is 0 Å². The Balaban J connectivity index is 1.59. The van der Waals surface area contributed by atoms with E-state index in [2.05, 4.69) is 132 Å². The van der Waals surface area contributed by atoms with Gasteiger partial charge in [-0.3, -0.25) is 9.97 Å². The van der Waals surface area contributed by atoms with Crippen LogP contribution in [0.4, 0.5) is 0 Å². The highest BCUT2D eigenvalue weighted by molar-refractivity contribution is 7.13. The predicted octanol–water partition coefficient (Wildman–Crippen LogP) is 9.11. The zero-order chi connectivity index (χ0) is 26.4. The van der Waals surface area contributed by atoms with Crippen molar-refractivity contribution in [1.82, 2.24) is 9.97 Å². The lowest BCUT2D eigenvalue weighted by Crippen LogP contribution is -2.28. The molecule has 2 aromatic heterocycles. The number of hydrogen-bond acceptors (Lipinski definition) is 2. The molecule has 0 unspecified atom stereocenters. The Labute approximate surface area is 230 Å². The molecular weight excluding hydrogens is 488 g/mol. The highest BCUT2D eigenvalue weighted by Crippen LogP contribution is 2.55. The van der Waals surface area contributed by atoms with Crippen molar-refractivity contribution in [2.45, 2.75) is 13.1 Å². The van der Waals surface area contributed by atoms with Crippen LogP contribution in [0.5, 0.6) is 0 Å². The number of allylic oxidation sites excluding steroid dienone is 2. The Kier molecular flexibility index (Phi) is 5.61. The molecule has 0 saturated heterocycles. The summed E-state index contributed by atoms with van der Waals surface area (Å²) in [7, 11) is -2.23. The number of fused-ring (bicyclic) bond motifs is 2. The van der Waals surface area contributed by atoms with Crippen LogP contribution in [-0.4, -0.2) is 18.0 Å². The van der Waals surface area contributed by atoms with Crippen LogP contribution in [0.1, 0.15) is 22.3 Å². The first kappa shape index (κ1) is 23.5. The third-order valence-corrected chi connectivity index (χ3v) is 11.5. The summed E-state index contributed by atoms with van der Waals surface area (Å²) in [6.07, 6.45) is 3.74. The van der Waals surface area contributed by atoms with Crippen molar-refractivity contribution in [3.8, 4) is 0 Å². The molecule has 0 spiro atoms. The highest BCUT2D eigenvalue weighted by Gasteiger charge is 2.43. The lowest BCUT2D eigenvalue weighted by Gasteiger charge is -2.27. The van der Waals surface area contributed by atoms with Crippen LogP contribution < -0.4 is 0 Å². The molecule has 0 amide bonds. The van der Waals surface area contributed by atoms with Gasteiger partial charge in [-0.1, -0.05) is 98.0 Å². The molecule has 2 nitrogen and oxygen atoms in total. The van der Waals surface area contributed by atoms with Gasteiger partial charge in [-0.25, -0.2) is 0 Å². The Morgan fingerprint density at radius 1 is 0.436 bits per heavy atom. The second kappa shape index (κ2) is 9.30. The Morgan fingerprint density at radius 2 is 0.872 bits per heavy atom. The van der Waals surface area contributed by atoms with E-state index >= 15 is 0 Å². The normalized spacial score (nSPS) is 14.9. The molecule has 39 heavy (non-hydrogen) atoms. The molecule has 0 atom stereocenters. The first-order valence-corrected chi connectivity index (χ1v) is 16.4. The molecule has 4 aromatic carbocycles. The van der Waals surface area contributed by atoms with Crippen LogP contribution >= 0.6 is 0 Å². The number of pyridine rings is 2. The van der Waals surface area contributed by atoms with Gasteiger partial charge in [-0.15, -0.1) is 0 Å². The van der Waals surface area contributed by atoms with Gasteiger partial charge >= 0.3 is 0 Å². The van der Waals surface area contributed by atoms with E-state index in [0.29, 0.717) is 0 Å². The number of rotatable bonds is 4. The van der Waals surface area contributed by atoms with E-state index in [1.54, 1.807) is 0 Å². The number of hydrogen-bond donors (Lipinski definition) is 0. The number of aromatic nitrogens is 2. The Bertz CT molecular complexity index is 1780. The van der Waals surface area contributed by atoms with E-state index in [1.807, 2.05) is 24.5 Å². The van der Waals surface area contributed by atoms with Crippen LogP contribution in [0.25, 0.3) is 43.3 Å². The lowest BCUT2D eigenvalue weighted by molar-refractivity contribution is 1.41. The summed E-state index contributed by atoms with van der Waals surface area (Å²) in [5.74, 6) is 0. The molecular formula is C36H28N2Si. The van der Waals surface area contributed by atoms with Crippen molar-refractivity contribution < 1.29 is 0 Å². The Morgan fingerprint density at radius 3 is 1.31 bits per heavy atom. The molecule has 186 valence electrons. The monoisotopic (exact) mass is 516 g/mol. The molecule has 1 aliphatic heterocycles. The Hall–Kier alpha value is -4.60. The first-order valence-electron chi connectivity index (χ1n) is 13.4. The van der Waals surface area contributed by atoms with Crippen LogP contribution in [0, 0.1) is 0 Å². The van der Waals surface area contributed by atoms with Gasteiger partial charge in [-0.2, -0.15) is 0 Å². The van der Waals surface area contributed by atoms with E-state index < -0.39 is 8.07 Å². The fourth-order valence-corrected chi connectivity index (χ4v) is 10.1. The average molecular weight is 517 g/mol. The van der Waals surface area contributed by atoms with E-state index in [4.69, 9.17) is 0 Å². The molecule has 0 aliphatic carbocycles. The molecule has 7 rings (SSSR count). The van der Waals surface area contributed by atoms with Gasteiger partial charge in [0.1, 0.15) is 8.07 Å². The van der Waals surface area contributed by atoms with E-state index in [0.717, 1.165) is 11.0 Å². The minimum Gasteiger partial charge on any atom is -0.256 e. The van der Waals surface area contributed by atoms with Gasteiger partial charge in [0.05, 0.1) is 11.0 Å². The quantitative estimate of drug-likeness (QED) is 0.218. The summed E-state index contributed by atoms with van der Waals surface area (Å²) in [6, 6.07) is 43.8. The van der Waals surface area contributed by atoms with Gasteiger partial charge in [0.15, 0.2) is 0 Å².